The molecule has 0 saturated carbocycles. The van der Waals surface area contributed by atoms with E-state index in [0.717, 1.165) is 18.9 Å². The first-order chi connectivity index (χ1) is 18.7. The number of amides is 2. The molecule has 0 bridgehead atoms. The van der Waals surface area contributed by atoms with Gasteiger partial charge in [0.05, 0.1) is 37.7 Å². The fourth-order valence-corrected chi connectivity index (χ4v) is 5.39. The van der Waals surface area contributed by atoms with E-state index < -0.39 is 24.1 Å². The van der Waals surface area contributed by atoms with Gasteiger partial charge < -0.3 is 25.0 Å². The molecule has 5 rings (SSSR count). The summed E-state index contributed by atoms with van der Waals surface area (Å²) < 4.78 is 25.8. The number of rotatable bonds is 6. The Morgan fingerprint density at radius 2 is 2.00 bits per heavy atom. The van der Waals surface area contributed by atoms with Crippen LogP contribution in [0.5, 0.6) is 0 Å². The second-order valence-electron chi connectivity index (χ2n) is 9.59. The predicted molar refractivity (Wildman–Crippen MR) is 143 cm³/mol. The maximum atomic E-state index is 14.9. The maximum absolute atomic E-state index is 14.9. The molecule has 10 nitrogen and oxygen atoms in total. The number of nitrogens with zero attached hydrogens (tertiary/aromatic N) is 4. The number of anilines is 2. The number of nitriles is 1. The molecule has 1 saturated heterocycles. The van der Waals surface area contributed by atoms with Gasteiger partial charge in [-0.15, -0.1) is 11.3 Å². The number of morpholine rings is 1. The summed E-state index contributed by atoms with van der Waals surface area (Å²) in [7, 11) is 0. The van der Waals surface area contributed by atoms with Gasteiger partial charge in [-0.05, 0) is 43.7 Å². The van der Waals surface area contributed by atoms with Crippen LogP contribution in [0.1, 0.15) is 35.3 Å². The Labute approximate surface area is 228 Å². The third-order valence-electron chi connectivity index (χ3n) is 6.44. The highest BCUT2D eigenvalue weighted by Crippen LogP contribution is 2.34. The van der Waals surface area contributed by atoms with Gasteiger partial charge >= 0.3 is 0 Å². The van der Waals surface area contributed by atoms with E-state index in [-0.39, 0.29) is 36.5 Å². The van der Waals surface area contributed by atoms with Gasteiger partial charge in [0.15, 0.2) is 5.13 Å². The monoisotopic (exact) mass is 550 g/mol. The maximum Gasteiger partial charge on any atom is 0.251 e. The van der Waals surface area contributed by atoms with Crippen LogP contribution in [0, 0.1) is 11.3 Å². The number of halogens is 1. The van der Waals surface area contributed by atoms with Gasteiger partial charge in [0, 0.05) is 29.6 Å². The normalized spacial score (nSPS) is 22.5. The molecule has 3 aromatic rings. The van der Waals surface area contributed by atoms with E-state index in [1.165, 1.54) is 23.5 Å². The molecular formula is C27H27FN6O4S. The number of pyridine rings is 1. The van der Waals surface area contributed by atoms with Crippen molar-refractivity contribution >= 4 is 34.1 Å². The molecule has 39 heavy (non-hydrogen) atoms. The van der Waals surface area contributed by atoms with Crippen LogP contribution in [0.15, 0.2) is 41.8 Å². The van der Waals surface area contributed by atoms with Crippen molar-refractivity contribution in [3.05, 3.63) is 58.5 Å². The highest BCUT2D eigenvalue weighted by molar-refractivity contribution is 7.14. The number of fused-ring (bicyclic) bond motifs is 1. The van der Waals surface area contributed by atoms with Gasteiger partial charge in [0.25, 0.3) is 5.91 Å². The summed E-state index contributed by atoms with van der Waals surface area (Å²) >= 11 is 1.25. The molecule has 0 radical (unpaired) electrons. The Balaban J connectivity index is 1.19. The number of carbonyl (C=O) groups excluding carboxylic acids is 2. The number of nitrogens with one attached hydrogen (secondary N) is 2. The number of benzene rings is 1. The number of ether oxygens (including phenoxy) is 2. The smallest absolute Gasteiger partial charge is 0.251 e. The van der Waals surface area contributed by atoms with Crippen LogP contribution in [0.3, 0.4) is 0 Å². The molecule has 2 amide bonds. The third kappa shape index (κ3) is 5.90. The highest BCUT2D eigenvalue weighted by Gasteiger charge is 2.38. The van der Waals surface area contributed by atoms with Crippen LogP contribution in [-0.2, 0) is 26.5 Å². The minimum atomic E-state index is -2.32. The fourth-order valence-electron chi connectivity index (χ4n) is 4.67. The number of hydrogen-bond acceptors (Lipinski definition) is 9. The van der Waals surface area contributed by atoms with Crippen LogP contribution in [-0.4, -0.2) is 60.2 Å². The molecule has 0 spiro atoms. The zero-order valence-electron chi connectivity index (χ0n) is 21.4. The van der Waals surface area contributed by atoms with Crippen LogP contribution in [0.25, 0.3) is 11.4 Å². The molecule has 12 heteroatoms. The van der Waals surface area contributed by atoms with E-state index in [1.54, 1.807) is 17.5 Å². The molecular weight excluding hydrogens is 523 g/mol. The minimum absolute atomic E-state index is 0.109. The number of alkyl halides is 1. The first-order valence-electron chi connectivity index (χ1n) is 12.5. The van der Waals surface area contributed by atoms with Gasteiger partial charge in [-0.25, -0.2) is 14.4 Å². The lowest BCUT2D eigenvalue weighted by Gasteiger charge is -2.36. The lowest BCUT2D eigenvalue weighted by atomic mass is 9.89. The van der Waals surface area contributed by atoms with Gasteiger partial charge in [0.2, 0.25) is 11.6 Å². The van der Waals surface area contributed by atoms with Crippen molar-refractivity contribution < 1.29 is 23.5 Å². The average molecular weight is 551 g/mol. The summed E-state index contributed by atoms with van der Waals surface area (Å²) in [5.74, 6) is -0.192. The Morgan fingerprint density at radius 1 is 1.21 bits per heavy atom. The van der Waals surface area contributed by atoms with Gasteiger partial charge in [-0.1, -0.05) is 12.1 Å². The summed E-state index contributed by atoms with van der Waals surface area (Å²) in [5, 5.41) is 16.6. The molecule has 2 N–H and O–H groups in total. The van der Waals surface area contributed by atoms with Crippen molar-refractivity contribution in [2.45, 2.75) is 38.3 Å². The lowest BCUT2D eigenvalue weighted by Crippen LogP contribution is -2.45. The van der Waals surface area contributed by atoms with E-state index >= 15 is 0 Å². The van der Waals surface area contributed by atoms with Crippen LogP contribution in [0.2, 0.25) is 0 Å². The standard InChI is InChI=1S/C27H27FN6O4S/c1-16-10-34(11-17(2)38-16)23-5-3-4-21(31-23)22-13-39-26(32-22)33-24(35)9-30-25(36)18-6-7-19-12-37-15-27(28,14-29)20(19)8-18/h3-8,13,16-17H,9-12,15H2,1-2H3,(H,30,36)(H,32,33,35). The number of carbonyl (C=O) groups is 2. The number of thiazole rings is 1. The molecule has 2 aliphatic rings. The molecule has 0 aliphatic carbocycles. The first-order valence-corrected chi connectivity index (χ1v) is 13.3. The van der Waals surface area contributed by atoms with Crippen molar-refractivity contribution in [1.29, 1.82) is 5.26 Å². The van der Waals surface area contributed by atoms with Crippen molar-refractivity contribution in [2.75, 3.05) is 36.5 Å². The molecule has 2 aliphatic heterocycles. The van der Waals surface area contributed by atoms with E-state index in [9.17, 15) is 19.2 Å². The van der Waals surface area contributed by atoms with E-state index in [2.05, 4.69) is 20.5 Å². The zero-order valence-corrected chi connectivity index (χ0v) is 22.3. The van der Waals surface area contributed by atoms with Crippen LogP contribution in [0.4, 0.5) is 15.3 Å². The molecule has 3 unspecified atom stereocenters. The van der Waals surface area contributed by atoms with Crippen molar-refractivity contribution in [3.63, 3.8) is 0 Å². The van der Waals surface area contributed by atoms with Crippen molar-refractivity contribution in [3.8, 4) is 17.5 Å². The number of aromatic nitrogens is 2. The highest BCUT2D eigenvalue weighted by atomic mass is 32.1. The first kappa shape index (κ1) is 26.7. The molecule has 4 heterocycles. The Hall–Kier alpha value is -3.92. The van der Waals surface area contributed by atoms with E-state index in [1.807, 2.05) is 32.0 Å². The summed E-state index contributed by atoms with van der Waals surface area (Å²) in [6.07, 6.45) is 0.217. The predicted octanol–water partition coefficient (Wildman–Crippen LogP) is 3.41. The van der Waals surface area contributed by atoms with Crippen LogP contribution < -0.4 is 15.5 Å². The second kappa shape index (κ2) is 11.1. The quantitative estimate of drug-likeness (QED) is 0.478. The largest absolute Gasteiger partial charge is 0.372 e. The van der Waals surface area contributed by atoms with E-state index in [4.69, 9.17) is 14.5 Å². The Morgan fingerprint density at radius 3 is 2.77 bits per heavy atom. The van der Waals surface area contributed by atoms with Crippen molar-refractivity contribution in [1.82, 2.24) is 15.3 Å². The molecule has 1 aromatic carbocycles. The fraction of sp³-hybridized carbons (Fsp3) is 0.370. The van der Waals surface area contributed by atoms with Gasteiger partial charge in [0.1, 0.15) is 17.6 Å². The van der Waals surface area contributed by atoms with Crippen molar-refractivity contribution in [2.24, 2.45) is 0 Å². The number of hydrogen-bond donors (Lipinski definition) is 2. The summed E-state index contributed by atoms with van der Waals surface area (Å²) in [6, 6.07) is 11.7. The summed E-state index contributed by atoms with van der Waals surface area (Å²) in [4.78, 5) is 36.5. The molecule has 1 fully saturated rings. The van der Waals surface area contributed by atoms with Crippen LogP contribution >= 0.6 is 11.3 Å². The second-order valence-corrected chi connectivity index (χ2v) is 10.4. The zero-order chi connectivity index (χ0) is 27.6. The van der Waals surface area contributed by atoms with E-state index in [0.29, 0.717) is 22.1 Å². The summed E-state index contributed by atoms with van der Waals surface area (Å²) in [6.45, 7) is 5.02. The van der Waals surface area contributed by atoms with Gasteiger partial charge in [-0.3, -0.25) is 9.59 Å². The Kier molecular flexibility index (Phi) is 7.56. The SMILES string of the molecule is CC1CN(c2cccc(-c3csc(NC(=O)CNC(=O)c4ccc5c(c4)C(F)(C#N)COC5)n3)n2)CC(C)O1. The van der Waals surface area contributed by atoms with Gasteiger partial charge in [-0.2, -0.15) is 5.26 Å². The Bertz CT molecular complexity index is 1430. The topological polar surface area (TPSA) is 129 Å². The summed E-state index contributed by atoms with van der Waals surface area (Å²) in [5.41, 5.74) is -0.249. The minimum Gasteiger partial charge on any atom is -0.372 e. The molecule has 3 atom stereocenters. The molecule has 202 valence electrons. The lowest BCUT2D eigenvalue weighted by molar-refractivity contribution is -0.115. The molecule has 2 aromatic heterocycles. The average Bonchev–Trinajstić information content (AvgIpc) is 3.40. The third-order valence-corrected chi connectivity index (χ3v) is 7.19.